The maximum Gasteiger partial charge on any atom is 0.228 e. The SMILES string of the molecule is CSCC(C)C(=O)Nc1cn[nH]c1Cl. The summed E-state index contributed by atoms with van der Waals surface area (Å²) in [6, 6.07) is 0. The van der Waals surface area contributed by atoms with Gasteiger partial charge in [-0.25, -0.2) is 0 Å². The Hall–Kier alpha value is -0.680. The van der Waals surface area contributed by atoms with Crippen molar-refractivity contribution in [3.05, 3.63) is 11.3 Å². The van der Waals surface area contributed by atoms with Gasteiger partial charge in [-0.05, 0) is 6.26 Å². The van der Waals surface area contributed by atoms with E-state index in [1.165, 1.54) is 6.20 Å². The van der Waals surface area contributed by atoms with Crippen LogP contribution in [0.25, 0.3) is 0 Å². The van der Waals surface area contributed by atoms with Crippen molar-refractivity contribution < 1.29 is 4.79 Å². The van der Waals surface area contributed by atoms with Crippen molar-refractivity contribution >= 4 is 35.0 Å². The average molecular weight is 234 g/mol. The smallest absolute Gasteiger partial charge is 0.228 e. The highest BCUT2D eigenvalue weighted by molar-refractivity contribution is 7.98. The number of carbonyl (C=O) groups is 1. The number of aromatic nitrogens is 2. The van der Waals surface area contributed by atoms with Crippen molar-refractivity contribution in [1.82, 2.24) is 10.2 Å². The Bertz CT molecular complexity index is 315. The number of H-pyrrole nitrogens is 1. The second kappa shape index (κ2) is 5.26. The molecule has 1 aromatic rings. The largest absolute Gasteiger partial charge is 0.322 e. The summed E-state index contributed by atoms with van der Waals surface area (Å²) in [6.07, 6.45) is 3.46. The van der Waals surface area contributed by atoms with E-state index in [4.69, 9.17) is 11.6 Å². The number of anilines is 1. The van der Waals surface area contributed by atoms with Gasteiger partial charge in [-0.1, -0.05) is 18.5 Å². The molecule has 1 atom stereocenters. The van der Waals surface area contributed by atoms with E-state index in [2.05, 4.69) is 15.5 Å². The molecule has 1 heterocycles. The molecule has 0 aliphatic carbocycles. The summed E-state index contributed by atoms with van der Waals surface area (Å²) in [6.45, 7) is 1.87. The van der Waals surface area contributed by atoms with Crippen LogP contribution in [0, 0.1) is 5.92 Å². The molecule has 1 rings (SSSR count). The van der Waals surface area contributed by atoms with Crippen LogP contribution in [0.1, 0.15) is 6.92 Å². The van der Waals surface area contributed by atoms with Crippen molar-refractivity contribution in [1.29, 1.82) is 0 Å². The van der Waals surface area contributed by atoms with E-state index in [0.29, 0.717) is 10.8 Å². The number of halogens is 1. The molecule has 0 saturated heterocycles. The number of carbonyl (C=O) groups excluding carboxylic acids is 1. The zero-order valence-corrected chi connectivity index (χ0v) is 9.58. The topological polar surface area (TPSA) is 57.8 Å². The molecule has 1 aromatic heterocycles. The molecule has 0 aromatic carbocycles. The molecule has 0 aliphatic heterocycles. The van der Waals surface area contributed by atoms with Crippen molar-refractivity contribution in [3.63, 3.8) is 0 Å². The van der Waals surface area contributed by atoms with Crippen LogP contribution in [0.2, 0.25) is 5.15 Å². The minimum atomic E-state index is -0.0392. The lowest BCUT2D eigenvalue weighted by Gasteiger charge is -2.09. The third kappa shape index (κ3) is 2.92. The highest BCUT2D eigenvalue weighted by Crippen LogP contribution is 2.18. The normalized spacial score (nSPS) is 12.5. The quantitative estimate of drug-likeness (QED) is 0.837. The summed E-state index contributed by atoms with van der Waals surface area (Å²) in [5.41, 5.74) is 0.532. The maximum absolute atomic E-state index is 11.5. The second-order valence-corrected chi connectivity index (χ2v) is 4.23. The van der Waals surface area contributed by atoms with Gasteiger partial charge in [-0.15, -0.1) is 0 Å². The number of hydrogen-bond acceptors (Lipinski definition) is 3. The van der Waals surface area contributed by atoms with Crippen molar-refractivity contribution in [2.75, 3.05) is 17.3 Å². The Kier molecular flexibility index (Phi) is 4.28. The van der Waals surface area contributed by atoms with Gasteiger partial charge in [-0.2, -0.15) is 16.9 Å². The fourth-order valence-electron chi connectivity index (χ4n) is 0.939. The van der Waals surface area contributed by atoms with Crippen LogP contribution in [-0.4, -0.2) is 28.1 Å². The average Bonchev–Trinajstić information content (AvgIpc) is 2.52. The van der Waals surface area contributed by atoms with Crippen LogP contribution >= 0.6 is 23.4 Å². The lowest BCUT2D eigenvalue weighted by Crippen LogP contribution is -2.21. The molecular formula is C8H12ClN3OS. The van der Waals surface area contributed by atoms with E-state index in [0.717, 1.165) is 5.75 Å². The zero-order chi connectivity index (χ0) is 10.6. The van der Waals surface area contributed by atoms with E-state index in [1.54, 1.807) is 11.8 Å². The lowest BCUT2D eigenvalue weighted by molar-refractivity contribution is -0.118. The van der Waals surface area contributed by atoms with Gasteiger partial charge in [0.25, 0.3) is 0 Å². The predicted octanol–water partition coefficient (Wildman–Crippen LogP) is 2.00. The van der Waals surface area contributed by atoms with Crippen LogP contribution in [0.3, 0.4) is 0 Å². The predicted molar refractivity (Wildman–Crippen MR) is 59.8 cm³/mol. The van der Waals surface area contributed by atoms with Gasteiger partial charge in [0.05, 0.1) is 11.9 Å². The third-order valence-corrected chi connectivity index (χ3v) is 2.84. The molecule has 0 aliphatic rings. The summed E-state index contributed by atoms with van der Waals surface area (Å²) in [5.74, 6) is 0.722. The van der Waals surface area contributed by atoms with Crippen LogP contribution in [0.5, 0.6) is 0 Å². The van der Waals surface area contributed by atoms with Crippen LogP contribution in [0.4, 0.5) is 5.69 Å². The highest BCUT2D eigenvalue weighted by atomic mass is 35.5. The maximum atomic E-state index is 11.5. The van der Waals surface area contributed by atoms with E-state index < -0.39 is 0 Å². The summed E-state index contributed by atoms with van der Waals surface area (Å²) in [5, 5.41) is 9.30. The second-order valence-electron chi connectivity index (χ2n) is 2.94. The molecule has 78 valence electrons. The summed E-state index contributed by atoms with van der Waals surface area (Å²) >= 11 is 7.37. The monoisotopic (exact) mass is 233 g/mol. The van der Waals surface area contributed by atoms with Gasteiger partial charge >= 0.3 is 0 Å². The van der Waals surface area contributed by atoms with Crippen LogP contribution in [0.15, 0.2) is 6.20 Å². The van der Waals surface area contributed by atoms with E-state index in [9.17, 15) is 4.79 Å². The van der Waals surface area contributed by atoms with Crippen molar-refractivity contribution in [2.24, 2.45) is 5.92 Å². The van der Waals surface area contributed by atoms with Gasteiger partial charge in [0.2, 0.25) is 5.91 Å². The molecule has 0 fully saturated rings. The Morgan fingerprint density at radius 1 is 1.86 bits per heavy atom. The zero-order valence-electron chi connectivity index (χ0n) is 8.00. The molecule has 4 nitrogen and oxygen atoms in total. The molecule has 2 N–H and O–H groups in total. The highest BCUT2D eigenvalue weighted by Gasteiger charge is 2.14. The number of nitrogens with one attached hydrogen (secondary N) is 2. The summed E-state index contributed by atoms with van der Waals surface area (Å²) in [7, 11) is 0. The third-order valence-electron chi connectivity index (χ3n) is 1.71. The fraction of sp³-hybridized carbons (Fsp3) is 0.500. The van der Waals surface area contributed by atoms with Gasteiger partial charge in [0, 0.05) is 11.7 Å². The van der Waals surface area contributed by atoms with Gasteiger partial charge in [0.1, 0.15) is 5.15 Å². The minimum absolute atomic E-state index is 0.0315. The molecule has 1 unspecified atom stereocenters. The van der Waals surface area contributed by atoms with E-state index in [1.807, 2.05) is 13.2 Å². The van der Waals surface area contributed by atoms with Gasteiger partial charge < -0.3 is 5.32 Å². The number of rotatable bonds is 4. The summed E-state index contributed by atoms with van der Waals surface area (Å²) < 4.78 is 0. The number of amides is 1. The molecule has 1 amide bonds. The van der Waals surface area contributed by atoms with Crippen LogP contribution < -0.4 is 5.32 Å². The molecule has 0 radical (unpaired) electrons. The van der Waals surface area contributed by atoms with Gasteiger partial charge in [0.15, 0.2) is 0 Å². The Morgan fingerprint density at radius 3 is 3.07 bits per heavy atom. The molecule has 0 spiro atoms. The van der Waals surface area contributed by atoms with Gasteiger partial charge in [-0.3, -0.25) is 9.89 Å². The molecule has 14 heavy (non-hydrogen) atoms. The lowest BCUT2D eigenvalue weighted by atomic mass is 10.2. The first-order valence-electron chi connectivity index (χ1n) is 4.13. The Morgan fingerprint density at radius 2 is 2.57 bits per heavy atom. The number of aromatic amines is 1. The Labute approximate surface area is 91.8 Å². The first-order chi connectivity index (χ1) is 6.65. The molecule has 6 heteroatoms. The standard InChI is InChI=1S/C8H12ClN3OS/c1-5(4-14-2)8(13)11-6-3-10-12-7(6)9/h3,5H,4H2,1-2H3,(H,10,12)(H,11,13). The number of hydrogen-bond donors (Lipinski definition) is 2. The number of nitrogens with zero attached hydrogens (tertiary/aromatic N) is 1. The van der Waals surface area contributed by atoms with E-state index >= 15 is 0 Å². The Balaban J connectivity index is 2.53. The first kappa shape index (κ1) is 11.4. The molecule has 0 saturated carbocycles. The molecular weight excluding hydrogens is 222 g/mol. The minimum Gasteiger partial charge on any atom is -0.322 e. The first-order valence-corrected chi connectivity index (χ1v) is 5.91. The van der Waals surface area contributed by atoms with Crippen molar-refractivity contribution in [3.8, 4) is 0 Å². The number of thioether (sulfide) groups is 1. The fourth-order valence-corrected chi connectivity index (χ4v) is 1.74. The van der Waals surface area contributed by atoms with E-state index in [-0.39, 0.29) is 11.8 Å². The molecule has 0 bridgehead atoms. The van der Waals surface area contributed by atoms with Crippen LogP contribution in [-0.2, 0) is 4.79 Å². The summed E-state index contributed by atoms with van der Waals surface area (Å²) in [4.78, 5) is 11.5. The van der Waals surface area contributed by atoms with Crippen molar-refractivity contribution in [2.45, 2.75) is 6.92 Å².